The van der Waals surface area contributed by atoms with Crippen LogP contribution >= 0.6 is 11.3 Å². The molecule has 4 rings (SSSR count). The zero-order chi connectivity index (χ0) is 15.8. The lowest BCUT2D eigenvalue weighted by Gasteiger charge is -2.35. The molecule has 1 saturated heterocycles. The van der Waals surface area contributed by atoms with Gasteiger partial charge >= 0.3 is 0 Å². The van der Waals surface area contributed by atoms with Crippen LogP contribution in [0.3, 0.4) is 0 Å². The molecule has 1 atom stereocenters. The van der Waals surface area contributed by atoms with Crippen LogP contribution < -0.4 is 0 Å². The summed E-state index contributed by atoms with van der Waals surface area (Å²) < 4.78 is 15.4. The molecule has 1 amide bonds. The molecule has 0 radical (unpaired) electrons. The molecule has 1 aliphatic heterocycles. The van der Waals surface area contributed by atoms with Gasteiger partial charge in [-0.25, -0.2) is 9.37 Å². The van der Waals surface area contributed by atoms with Gasteiger partial charge in [0.25, 0.3) is 5.91 Å². The zero-order valence-corrected chi connectivity index (χ0v) is 13.3. The second kappa shape index (κ2) is 5.77. The highest BCUT2D eigenvalue weighted by Crippen LogP contribution is 2.34. The van der Waals surface area contributed by atoms with Gasteiger partial charge in [-0.15, -0.1) is 11.3 Å². The van der Waals surface area contributed by atoms with Crippen molar-refractivity contribution in [2.45, 2.75) is 25.3 Å². The Morgan fingerprint density at radius 3 is 3.13 bits per heavy atom. The summed E-state index contributed by atoms with van der Waals surface area (Å²) in [5.41, 5.74) is 1.35. The van der Waals surface area contributed by atoms with Crippen molar-refractivity contribution >= 4 is 22.1 Å². The minimum Gasteiger partial charge on any atom is -0.330 e. The Labute approximate surface area is 137 Å². The first-order chi connectivity index (χ1) is 11.2. The molecule has 1 aliphatic rings. The smallest absolute Gasteiger partial charge is 0.254 e. The number of imidazole rings is 1. The third-order valence-corrected chi connectivity index (χ3v) is 5.23. The van der Waals surface area contributed by atoms with Crippen LogP contribution in [-0.4, -0.2) is 26.7 Å². The van der Waals surface area contributed by atoms with Gasteiger partial charge in [0.2, 0.25) is 0 Å². The maximum atomic E-state index is 13.4. The van der Waals surface area contributed by atoms with Crippen molar-refractivity contribution in [3.63, 3.8) is 0 Å². The molecule has 0 aliphatic carbocycles. The first-order valence-corrected chi connectivity index (χ1v) is 8.58. The predicted molar refractivity (Wildman–Crippen MR) is 87.1 cm³/mol. The Hall–Kier alpha value is -2.21. The molecular formula is C17H16FN3OS. The van der Waals surface area contributed by atoms with Gasteiger partial charge in [0.1, 0.15) is 17.0 Å². The standard InChI is InChI=1S/C17H16FN3OS/c18-13-5-3-4-12(10-13)16(22)21-7-2-1-6-14(21)15-17-20(11-19-15)8-9-23-17/h3-5,8-11,14H,1-2,6-7H2/t14-/m1/s1. The van der Waals surface area contributed by atoms with Crippen molar-refractivity contribution in [2.24, 2.45) is 0 Å². The number of thiazole rings is 1. The number of rotatable bonds is 2. The summed E-state index contributed by atoms with van der Waals surface area (Å²) in [5.74, 6) is -0.501. The van der Waals surface area contributed by atoms with Gasteiger partial charge in [-0.3, -0.25) is 9.20 Å². The topological polar surface area (TPSA) is 37.6 Å². The van der Waals surface area contributed by atoms with Gasteiger partial charge in [-0.1, -0.05) is 6.07 Å². The third-order valence-electron chi connectivity index (χ3n) is 4.33. The van der Waals surface area contributed by atoms with Crippen LogP contribution in [0.2, 0.25) is 0 Å². The molecular weight excluding hydrogens is 313 g/mol. The molecule has 3 heterocycles. The SMILES string of the molecule is O=C(c1cccc(F)c1)N1CCCC[C@@H]1c1ncn2ccsc12. The van der Waals surface area contributed by atoms with Crippen LogP contribution in [0.15, 0.2) is 42.2 Å². The van der Waals surface area contributed by atoms with Gasteiger partial charge in [-0.2, -0.15) is 0 Å². The lowest BCUT2D eigenvalue weighted by Crippen LogP contribution is -2.38. The molecule has 1 aromatic carbocycles. The first-order valence-electron chi connectivity index (χ1n) is 7.70. The Morgan fingerprint density at radius 2 is 2.26 bits per heavy atom. The summed E-state index contributed by atoms with van der Waals surface area (Å²) in [5, 5.41) is 2.02. The molecule has 4 nitrogen and oxygen atoms in total. The van der Waals surface area contributed by atoms with E-state index in [2.05, 4.69) is 4.98 Å². The predicted octanol–water partition coefficient (Wildman–Crippen LogP) is 3.90. The van der Waals surface area contributed by atoms with E-state index in [1.54, 1.807) is 29.8 Å². The van der Waals surface area contributed by atoms with E-state index >= 15 is 0 Å². The average molecular weight is 329 g/mol. The Bertz CT molecular complexity index is 856. The zero-order valence-electron chi connectivity index (χ0n) is 12.5. The number of carbonyl (C=O) groups is 1. The summed E-state index contributed by atoms with van der Waals surface area (Å²) in [6.07, 6.45) is 6.70. The number of amides is 1. The molecule has 0 spiro atoms. The van der Waals surface area contributed by atoms with E-state index in [4.69, 9.17) is 0 Å². The fourth-order valence-electron chi connectivity index (χ4n) is 3.23. The van der Waals surface area contributed by atoms with Gasteiger partial charge < -0.3 is 4.90 Å². The number of piperidine rings is 1. The van der Waals surface area contributed by atoms with Crippen molar-refractivity contribution in [3.8, 4) is 0 Å². The van der Waals surface area contributed by atoms with E-state index in [1.807, 2.05) is 20.9 Å². The second-order valence-corrected chi connectivity index (χ2v) is 6.66. The van der Waals surface area contributed by atoms with Crippen LogP contribution in [0.1, 0.15) is 41.4 Å². The Balaban J connectivity index is 1.71. The number of carbonyl (C=O) groups excluding carboxylic acids is 1. The summed E-state index contributed by atoms with van der Waals surface area (Å²) in [4.78, 5) is 20.3. The van der Waals surface area contributed by atoms with Crippen molar-refractivity contribution in [1.82, 2.24) is 14.3 Å². The van der Waals surface area contributed by atoms with E-state index < -0.39 is 0 Å². The van der Waals surface area contributed by atoms with Crippen LogP contribution in [0.4, 0.5) is 4.39 Å². The van der Waals surface area contributed by atoms with Crippen molar-refractivity contribution in [1.29, 1.82) is 0 Å². The number of likely N-dealkylation sites (tertiary alicyclic amines) is 1. The number of hydrogen-bond acceptors (Lipinski definition) is 3. The molecule has 0 saturated carbocycles. The van der Waals surface area contributed by atoms with Gasteiger partial charge in [0.05, 0.1) is 11.7 Å². The second-order valence-electron chi connectivity index (χ2n) is 5.77. The molecule has 23 heavy (non-hydrogen) atoms. The highest BCUT2D eigenvalue weighted by molar-refractivity contribution is 7.15. The summed E-state index contributed by atoms with van der Waals surface area (Å²) in [7, 11) is 0. The molecule has 0 unspecified atom stereocenters. The van der Waals surface area contributed by atoms with E-state index in [0.717, 1.165) is 29.8 Å². The molecule has 1 fully saturated rings. The van der Waals surface area contributed by atoms with Gasteiger partial charge in [-0.05, 0) is 37.5 Å². The van der Waals surface area contributed by atoms with Crippen LogP contribution in [0.5, 0.6) is 0 Å². The normalized spacial score (nSPS) is 18.5. The molecule has 0 N–H and O–H groups in total. The van der Waals surface area contributed by atoms with Crippen molar-refractivity contribution in [2.75, 3.05) is 6.54 Å². The van der Waals surface area contributed by atoms with Crippen LogP contribution in [-0.2, 0) is 0 Å². The summed E-state index contributed by atoms with van der Waals surface area (Å²) >= 11 is 1.63. The minimum atomic E-state index is -0.382. The molecule has 118 valence electrons. The average Bonchev–Trinajstić information content (AvgIpc) is 3.17. The monoisotopic (exact) mass is 329 g/mol. The fraction of sp³-hybridized carbons (Fsp3) is 0.294. The van der Waals surface area contributed by atoms with Crippen molar-refractivity contribution < 1.29 is 9.18 Å². The van der Waals surface area contributed by atoms with Gasteiger partial charge in [0, 0.05) is 23.7 Å². The number of fused-ring (bicyclic) bond motifs is 1. The van der Waals surface area contributed by atoms with E-state index in [1.165, 1.54) is 12.1 Å². The number of benzene rings is 1. The quantitative estimate of drug-likeness (QED) is 0.715. The van der Waals surface area contributed by atoms with Crippen LogP contribution in [0.25, 0.3) is 4.83 Å². The first kappa shape index (κ1) is 14.4. The third kappa shape index (κ3) is 2.53. The molecule has 0 bridgehead atoms. The largest absolute Gasteiger partial charge is 0.330 e. The van der Waals surface area contributed by atoms with E-state index in [-0.39, 0.29) is 17.8 Å². The van der Waals surface area contributed by atoms with E-state index in [0.29, 0.717) is 12.1 Å². The maximum Gasteiger partial charge on any atom is 0.254 e. The maximum absolute atomic E-state index is 13.4. The molecule has 3 aromatic rings. The minimum absolute atomic E-state index is 0.0387. The number of aromatic nitrogens is 2. The number of hydrogen-bond donors (Lipinski definition) is 0. The Kier molecular flexibility index (Phi) is 3.61. The number of nitrogens with zero attached hydrogens (tertiary/aromatic N) is 3. The number of halogens is 1. The highest BCUT2D eigenvalue weighted by Gasteiger charge is 2.31. The lowest BCUT2D eigenvalue weighted by molar-refractivity contribution is 0.0608. The van der Waals surface area contributed by atoms with Crippen molar-refractivity contribution in [3.05, 3.63) is 59.2 Å². The molecule has 2 aromatic heterocycles. The summed E-state index contributed by atoms with van der Waals surface area (Å²) in [6.45, 7) is 0.685. The fourth-order valence-corrected chi connectivity index (χ4v) is 4.09. The summed E-state index contributed by atoms with van der Waals surface area (Å²) in [6, 6.07) is 5.88. The van der Waals surface area contributed by atoms with Crippen LogP contribution in [0, 0.1) is 5.82 Å². The lowest BCUT2D eigenvalue weighted by atomic mass is 9.98. The molecule has 6 heteroatoms. The Morgan fingerprint density at radius 1 is 1.35 bits per heavy atom. The van der Waals surface area contributed by atoms with Gasteiger partial charge in [0.15, 0.2) is 0 Å². The highest BCUT2D eigenvalue weighted by atomic mass is 32.1. The van der Waals surface area contributed by atoms with E-state index in [9.17, 15) is 9.18 Å².